The van der Waals surface area contributed by atoms with Crippen LogP contribution in [0.3, 0.4) is 0 Å². The summed E-state index contributed by atoms with van der Waals surface area (Å²) in [6, 6.07) is 18.0. The maximum atomic E-state index is 12.8. The van der Waals surface area contributed by atoms with Crippen LogP contribution in [0.1, 0.15) is 21.5 Å². The highest BCUT2D eigenvalue weighted by molar-refractivity contribution is 7.91. The second-order valence-corrected chi connectivity index (χ2v) is 8.33. The highest BCUT2D eigenvalue weighted by atomic mass is 35.5. The van der Waals surface area contributed by atoms with Gasteiger partial charge in [-0.25, -0.2) is 8.42 Å². The van der Waals surface area contributed by atoms with Crippen molar-refractivity contribution in [3.05, 3.63) is 105 Å². The molecule has 0 bridgehead atoms. The number of non-ortho nitro benzene ring substituents is 1. The topological polar surface area (TPSA) is 106 Å². The normalized spacial score (nSPS) is 11.1. The molecule has 3 aromatic rings. The molecule has 0 fully saturated rings. The average Bonchev–Trinajstić information content (AvgIpc) is 2.69. The molecular weight excluding hydrogens is 416 g/mol. The van der Waals surface area contributed by atoms with Crippen molar-refractivity contribution in [1.29, 1.82) is 0 Å². The summed E-state index contributed by atoms with van der Waals surface area (Å²) in [6.45, 7) is 0. The molecule has 0 heterocycles. The van der Waals surface area contributed by atoms with E-state index in [0.717, 1.165) is 0 Å². The molecule has 3 aromatic carbocycles. The molecule has 3 rings (SSSR count). The largest absolute Gasteiger partial charge is 0.289 e. The van der Waals surface area contributed by atoms with Crippen molar-refractivity contribution >= 4 is 38.8 Å². The highest BCUT2D eigenvalue weighted by Gasteiger charge is 2.20. The lowest BCUT2D eigenvalue weighted by Gasteiger charge is -2.13. The lowest BCUT2D eigenvalue weighted by Crippen LogP contribution is -2.17. The second-order valence-electron chi connectivity index (χ2n) is 6.17. The molecule has 148 valence electrons. The Bertz CT molecular complexity index is 1180. The van der Waals surface area contributed by atoms with E-state index in [0.29, 0.717) is 5.56 Å². The van der Waals surface area contributed by atoms with Gasteiger partial charge >= 0.3 is 0 Å². The highest BCUT2D eigenvalue weighted by Crippen LogP contribution is 2.25. The third-order valence-electron chi connectivity index (χ3n) is 4.01. The summed E-state index contributed by atoms with van der Waals surface area (Å²) in [4.78, 5) is 23.1. The third kappa shape index (κ3) is 5.18. The molecule has 7 nitrogen and oxygen atoms in total. The molecule has 0 unspecified atom stereocenters. The number of nitro benzene ring substituents is 1. The molecule has 0 aromatic heterocycles. The fourth-order valence-corrected chi connectivity index (χ4v) is 4.10. The van der Waals surface area contributed by atoms with E-state index in [1.165, 1.54) is 42.5 Å². The van der Waals surface area contributed by atoms with Crippen molar-refractivity contribution in [2.45, 2.75) is 5.75 Å². The zero-order chi connectivity index (χ0) is 21.0. The molecule has 0 aliphatic carbocycles. The van der Waals surface area contributed by atoms with Gasteiger partial charge in [0.1, 0.15) is 0 Å². The summed E-state index contributed by atoms with van der Waals surface area (Å²) in [5, 5.41) is 11.2. The Labute approximate surface area is 172 Å². The van der Waals surface area contributed by atoms with Crippen molar-refractivity contribution < 1.29 is 18.1 Å². The molecule has 29 heavy (non-hydrogen) atoms. The van der Waals surface area contributed by atoms with Gasteiger partial charge in [-0.1, -0.05) is 54.1 Å². The van der Waals surface area contributed by atoms with Crippen molar-refractivity contribution in [3.8, 4) is 0 Å². The first kappa shape index (κ1) is 20.5. The van der Waals surface area contributed by atoms with Crippen molar-refractivity contribution in [1.82, 2.24) is 0 Å². The number of halogens is 1. The van der Waals surface area contributed by atoms with E-state index in [1.54, 1.807) is 30.3 Å². The number of nitrogens with one attached hydrogen (secondary N) is 1. The number of benzene rings is 3. The Hall–Kier alpha value is -3.23. The van der Waals surface area contributed by atoms with Crippen LogP contribution in [-0.4, -0.2) is 19.1 Å². The Morgan fingerprint density at radius 2 is 1.72 bits per heavy atom. The standard InChI is InChI=1S/C20H15ClN2O5S/c21-16-9-10-19(18(12-16)20(24)15-6-2-1-3-7-15)22-29(27,28)13-14-5-4-8-17(11-14)23(25)26/h1-12,22H,13H2. The van der Waals surface area contributed by atoms with Crippen LogP contribution in [0.2, 0.25) is 5.02 Å². The van der Waals surface area contributed by atoms with Gasteiger partial charge in [-0.2, -0.15) is 0 Å². The van der Waals surface area contributed by atoms with Gasteiger partial charge in [-0.05, 0) is 23.8 Å². The van der Waals surface area contributed by atoms with Gasteiger partial charge < -0.3 is 0 Å². The summed E-state index contributed by atoms with van der Waals surface area (Å²) >= 11 is 6.00. The van der Waals surface area contributed by atoms with E-state index >= 15 is 0 Å². The first-order valence-electron chi connectivity index (χ1n) is 8.38. The smallest absolute Gasteiger partial charge is 0.269 e. The number of nitro groups is 1. The van der Waals surface area contributed by atoms with Crippen molar-refractivity contribution in [3.63, 3.8) is 0 Å². The summed E-state index contributed by atoms with van der Waals surface area (Å²) in [7, 11) is -3.95. The van der Waals surface area contributed by atoms with E-state index in [1.807, 2.05) is 0 Å². The van der Waals surface area contributed by atoms with E-state index < -0.39 is 20.7 Å². The van der Waals surface area contributed by atoms with Crippen molar-refractivity contribution in [2.24, 2.45) is 0 Å². The number of carbonyl (C=O) groups excluding carboxylic acids is 1. The summed E-state index contributed by atoms with van der Waals surface area (Å²) in [6.07, 6.45) is 0. The van der Waals surface area contributed by atoms with Gasteiger partial charge in [0.2, 0.25) is 10.0 Å². The van der Waals surface area contributed by atoms with Crippen molar-refractivity contribution in [2.75, 3.05) is 4.72 Å². The van der Waals surface area contributed by atoms with E-state index in [2.05, 4.69) is 4.72 Å². The van der Waals surface area contributed by atoms with Crippen LogP contribution >= 0.6 is 11.6 Å². The van der Waals surface area contributed by atoms with Gasteiger partial charge in [-0.15, -0.1) is 0 Å². The number of hydrogen-bond acceptors (Lipinski definition) is 5. The number of hydrogen-bond donors (Lipinski definition) is 1. The van der Waals surface area contributed by atoms with Gasteiger partial charge in [0, 0.05) is 28.3 Å². The molecule has 0 saturated heterocycles. The molecule has 0 radical (unpaired) electrons. The van der Waals surface area contributed by atoms with Gasteiger partial charge in [0.15, 0.2) is 5.78 Å². The van der Waals surface area contributed by atoms with Crippen LogP contribution in [0, 0.1) is 10.1 Å². The summed E-state index contributed by atoms with van der Waals surface area (Å²) in [5.41, 5.74) is 0.606. The Morgan fingerprint density at radius 1 is 1.00 bits per heavy atom. The van der Waals surface area contributed by atoms with E-state index in [-0.39, 0.29) is 33.3 Å². The molecule has 0 aliphatic heterocycles. The van der Waals surface area contributed by atoms with E-state index in [4.69, 9.17) is 11.6 Å². The molecule has 0 amide bonds. The predicted octanol–water partition coefficient (Wildman–Crippen LogP) is 4.42. The number of sulfonamides is 1. The van der Waals surface area contributed by atoms with Crippen LogP contribution in [0.15, 0.2) is 72.8 Å². The number of carbonyl (C=O) groups is 1. The minimum absolute atomic E-state index is 0.0775. The maximum Gasteiger partial charge on any atom is 0.269 e. The number of anilines is 1. The van der Waals surface area contributed by atoms with Crippen LogP contribution in [0.4, 0.5) is 11.4 Å². The second kappa shape index (κ2) is 8.42. The quantitative estimate of drug-likeness (QED) is 0.339. The SMILES string of the molecule is O=C(c1ccccc1)c1cc(Cl)ccc1NS(=O)(=O)Cc1cccc([N+](=O)[O-])c1. The predicted molar refractivity (Wildman–Crippen MR) is 111 cm³/mol. The first-order valence-corrected chi connectivity index (χ1v) is 10.4. The minimum atomic E-state index is -3.95. The number of ketones is 1. The summed E-state index contributed by atoms with van der Waals surface area (Å²) in [5.74, 6) is -0.878. The van der Waals surface area contributed by atoms with Crippen LogP contribution in [-0.2, 0) is 15.8 Å². The Balaban J connectivity index is 1.90. The number of rotatable bonds is 7. The third-order valence-corrected chi connectivity index (χ3v) is 5.49. The molecule has 0 atom stereocenters. The minimum Gasteiger partial charge on any atom is -0.289 e. The number of nitrogens with zero attached hydrogens (tertiary/aromatic N) is 1. The Kier molecular flexibility index (Phi) is 5.95. The monoisotopic (exact) mass is 430 g/mol. The summed E-state index contributed by atoms with van der Waals surface area (Å²) < 4.78 is 27.6. The molecule has 9 heteroatoms. The molecular formula is C20H15ClN2O5S. The first-order chi connectivity index (χ1) is 13.7. The average molecular weight is 431 g/mol. The maximum absolute atomic E-state index is 12.8. The van der Waals surface area contributed by atoms with Crippen LogP contribution < -0.4 is 4.72 Å². The zero-order valence-electron chi connectivity index (χ0n) is 14.9. The molecule has 1 N–H and O–H groups in total. The molecule has 0 aliphatic rings. The molecule has 0 saturated carbocycles. The van der Waals surface area contributed by atoms with Crippen LogP contribution in [0.25, 0.3) is 0 Å². The molecule has 0 spiro atoms. The van der Waals surface area contributed by atoms with E-state index in [9.17, 15) is 23.3 Å². The lowest BCUT2D eigenvalue weighted by atomic mass is 10.0. The van der Waals surface area contributed by atoms with Gasteiger partial charge in [0.05, 0.1) is 16.4 Å². The lowest BCUT2D eigenvalue weighted by molar-refractivity contribution is -0.384. The zero-order valence-corrected chi connectivity index (χ0v) is 16.5. The van der Waals surface area contributed by atoms with Gasteiger partial charge in [-0.3, -0.25) is 19.6 Å². The fraction of sp³-hybridized carbons (Fsp3) is 0.0500. The Morgan fingerprint density at radius 3 is 2.41 bits per heavy atom. The fourth-order valence-electron chi connectivity index (χ4n) is 2.72. The van der Waals surface area contributed by atoms with Crippen LogP contribution in [0.5, 0.6) is 0 Å². The van der Waals surface area contributed by atoms with Gasteiger partial charge in [0.25, 0.3) is 5.69 Å².